The van der Waals surface area contributed by atoms with Crippen LogP contribution in [0.3, 0.4) is 0 Å². The molecule has 5 heteroatoms. The molecule has 0 atom stereocenters. The van der Waals surface area contributed by atoms with Crippen LogP contribution in [0.2, 0.25) is 0 Å². The Bertz CT molecular complexity index is 865. The predicted molar refractivity (Wildman–Crippen MR) is 93.3 cm³/mol. The summed E-state index contributed by atoms with van der Waals surface area (Å²) < 4.78 is 6.49. The first kappa shape index (κ1) is 15.7. The number of aliphatic imine (C=N–C) groups is 1. The SMILES string of the molecule is COC(=O)c1ccc(C=Nc2cc(C)nn2-c2ccccc2)cc1. The number of benzene rings is 2. The molecule has 0 spiro atoms. The van der Waals surface area contributed by atoms with Crippen molar-refractivity contribution >= 4 is 18.0 Å². The summed E-state index contributed by atoms with van der Waals surface area (Å²) in [4.78, 5) is 16.0. The Morgan fingerprint density at radius 2 is 1.83 bits per heavy atom. The van der Waals surface area contributed by atoms with Crippen molar-refractivity contribution in [3.63, 3.8) is 0 Å². The Morgan fingerprint density at radius 1 is 1.12 bits per heavy atom. The standard InChI is InChI=1S/C19H17N3O2/c1-14-12-18(22(21-14)17-6-4-3-5-7-17)20-13-15-8-10-16(11-9-15)19(23)24-2/h3-13H,1-2H3. The average molecular weight is 319 g/mol. The summed E-state index contributed by atoms with van der Waals surface area (Å²) in [5.74, 6) is 0.395. The molecule has 0 unspecified atom stereocenters. The quantitative estimate of drug-likeness (QED) is 0.544. The molecular formula is C19H17N3O2. The Labute approximate surface area is 140 Å². The maximum absolute atomic E-state index is 11.4. The molecule has 3 rings (SSSR count). The van der Waals surface area contributed by atoms with E-state index in [-0.39, 0.29) is 5.97 Å². The molecule has 2 aromatic carbocycles. The van der Waals surface area contributed by atoms with Crippen molar-refractivity contribution in [2.75, 3.05) is 7.11 Å². The van der Waals surface area contributed by atoms with Crippen molar-refractivity contribution in [3.05, 3.63) is 77.5 Å². The van der Waals surface area contributed by atoms with Gasteiger partial charge in [0.15, 0.2) is 5.82 Å². The molecule has 24 heavy (non-hydrogen) atoms. The minimum atomic E-state index is -0.351. The number of carbonyl (C=O) groups excluding carboxylic acids is 1. The van der Waals surface area contributed by atoms with Crippen molar-refractivity contribution in [2.24, 2.45) is 4.99 Å². The fraction of sp³-hybridized carbons (Fsp3) is 0.105. The lowest BCUT2D eigenvalue weighted by Crippen LogP contribution is -2.00. The van der Waals surface area contributed by atoms with E-state index in [9.17, 15) is 4.79 Å². The summed E-state index contributed by atoms with van der Waals surface area (Å²) in [6, 6.07) is 18.9. The maximum Gasteiger partial charge on any atom is 0.337 e. The van der Waals surface area contributed by atoms with Gasteiger partial charge in [0, 0.05) is 12.3 Å². The van der Waals surface area contributed by atoms with Crippen LogP contribution in [0, 0.1) is 6.92 Å². The van der Waals surface area contributed by atoms with E-state index in [1.807, 2.05) is 55.5 Å². The first-order chi connectivity index (χ1) is 11.7. The van der Waals surface area contributed by atoms with Gasteiger partial charge in [-0.1, -0.05) is 30.3 Å². The molecule has 5 nitrogen and oxygen atoms in total. The highest BCUT2D eigenvalue weighted by atomic mass is 16.5. The molecule has 0 aliphatic heterocycles. The lowest BCUT2D eigenvalue weighted by molar-refractivity contribution is 0.0600. The molecule has 0 radical (unpaired) electrons. The number of aryl methyl sites for hydroxylation is 1. The van der Waals surface area contributed by atoms with Crippen molar-refractivity contribution in [1.29, 1.82) is 0 Å². The first-order valence-electron chi connectivity index (χ1n) is 7.52. The zero-order valence-electron chi connectivity index (χ0n) is 13.5. The highest BCUT2D eigenvalue weighted by Gasteiger charge is 2.06. The molecule has 0 saturated heterocycles. The average Bonchev–Trinajstić information content (AvgIpc) is 3.01. The van der Waals surface area contributed by atoms with Crippen LogP contribution in [0.4, 0.5) is 5.82 Å². The van der Waals surface area contributed by atoms with Gasteiger partial charge >= 0.3 is 5.97 Å². The van der Waals surface area contributed by atoms with E-state index < -0.39 is 0 Å². The molecule has 1 heterocycles. The van der Waals surface area contributed by atoms with Crippen LogP contribution in [0.25, 0.3) is 5.69 Å². The second-order valence-electron chi connectivity index (χ2n) is 5.26. The van der Waals surface area contributed by atoms with Gasteiger partial charge in [-0.3, -0.25) is 0 Å². The number of hydrogen-bond donors (Lipinski definition) is 0. The Morgan fingerprint density at radius 3 is 2.50 bits per heavy atom. The van der Waals surface area contributed by atoms with Crippen LogP contribution in [0.1, 0.15) is 21.6 Å². The number of nitrogens with zero attached hydrogens (tertiary/aromatic N) is 3. The third-order valence-corrected chi connectivity index (χ3v) is 3.49. The predicted octanol–water partition coefficient (Wildman–Crippen LogP) is 3.72. The second kappa shape index (κ2) is 6.91. The summed E-state index contributed by atoms with van der Waals surface area (Å²) >= 11 is 0. The van der Waals surface area contributed by atoms with Crippen molar-refractivity contribution in [1.82, 2.24) is 9.78 Å². The van der Waals surface area contributed by atoms with Gasteiger partial charge in [-0.2, -0.15) is 5.10 Å². The molecule has 0 saturated carbocycles. The van der Waals surface area contributed by atoms with Gasteiger partial charge in [0.25, 0.3) is 0 Å². The summed E-state index contributed by atoms with van der Waals surface area (Å²) in [6.45, 7) is 1.93. The topological polar surface area (TPSA) is 56.5 Å². The van der Waals surface area contributed by atoms with Gasteiger partial charge in [0.2, 0.25) is 0 Å². The largest absolute Gasteiger partial charge is 0.465 e. The Hall–Kier alpha value is -3.21. The minimum absolute atomic E-state index is 0.351. The monoisotopic (exact) mass is 319 g/mol. The summed E-state index contributed by atoms with van der Waals surface area (Å²) in [5, 5.41) is 4.48. The minimum Gasteiger partial charge on any atom is -0.465 e. The molecule has 0 amide bonds. The van der Waals surface area contributed by atoms with E-state index in [1.165, 1.54) is 7.11 Å². The summed E-state index contributed by atoms with van der Waals surface area (Å²) in [6.07, 6.45) is 1.75. The zero-order chi connectivity index (χ0) is 16.9. The van der Waals surface area contributed by atoms with Gasteiger partial charge in [0.1, 0.15) is 0 Å². The van der Waals surface area contributed by atoms with Gasteiger partial charge in [-0.15, -0.1) is 0 Å². The molecule has 0 bridgehead atoms. The van der Waals surface area contributed by atoms with Crippen LogP contribution in [-0.4, -0.2) is 29.1 Å². The number of methoxy groups -OCH3 is 1. The van der Waals surface area contributed by atoms with Crippen LogP contribution >= 0.6 is 0 Å². The molecule has 1 aromatic heterocycles. The van der Waals surface area contributed by atoms with E-state index in [1.54, 1.807) is 23.0 Å². The van der Waals surface area contributed by atoms with E-state index in [4.69, 9.17) is 0 Å². The third kappa shape index (κ3) is 3.41. The van der Waals surface area contributed by atoms with E-state index >= 15 is 0 Å². The normalized spacial score (nSPS) is 10.9. The van der Waals surface area contributed by atoms with Gasteiger partial charge in [-0.05, 0) is 36.8 Å². The number of hydrogen-bond acceptors (Lipinski definition) is 4. The van der Waals surface area contributed by atoms with Crippen LogP contribution in [-0.2, 0) is 4.74 Å². The van der Waals surface area contributed by atoms with Crippen molar-refractivity contribution < 1.29 is 9.53 Å². The zero-order valence-corrected chi connectivity index (χ0v) is 13.5. The fourth-order valence-electron chi connectivity index (χ4n) is 2.30. The maximum atomic E-state index is 11.4. The van der Waals surface area contributed by atoms with Crippen LogP contribution in [0.5, 0.6) is 0 Å². The molecule has 0 aliphatic carbocycles. The highest BCUT2D eigenvalue weighted by molar-refractivity contribution is 5.90. The van der Waals surface area contributed by atoms with E-state index in [0.717, 1.165) is 22.8 Å². The van der Waals surface area contributed by atoms with Gasteiger partial charge in [-0.25, -0.2) is 14.5 Å². The number of para-hydroxylation sites is 1. The van der Waals surface area contributed by atoms with Crippen LogP contribution < -0.4 is 0 Å². The molecule has 0 aliphatic rings. The highest BCUT2D eigenvalue weighted by Crippen LogP contribution is 2.19. The van der Waals surface area contributed by atoms with E-state index in [0.29, 0.717) is 5.56 Å². The Kier molecular flexibility index (Phi) is 4.52. The lowest BCUT2D eigenvalue weighted by atomic mass is 10.1. The lowest BCUT2D eigenvalue weighted by Gasteiger charge is -2.03. The molecular weight excluding hydrogens is 302 g/mol. The number of carbonyl (C=O) groups is 1. The third-order valence-electron chi connectivity index (χ3n) is 3.49. The number of aromatic nitrogens is 2. The van der Waals surface area contributed by atoms with Gasteiger partial charge in [0.05, 0.1) is 24.1 Å². The Balaban J connectivity index is 1.86. The second-order valence-corrected chi connectivity index (χ2v) is 5.26. The van der Waals surface area contributed by atoms with Gasteiger partial charge < -0.3 is 4.74 Å². The number of esters is 1. The smallest absolute Gasteiger partial charge is 0.337 e. The fourth-order valence-corrected chi connectivity index (χ4v) is 2.30. The molecule has 0 N–H and O–H groups in total. The molecule has 3 aromatic rings. The molecule has 120 valence electrons. The van der Waals surface area contributed by atoms with Crippen molar-refractivity contribution in [2.45, 2.75) is 6.92 Å². The summed E-state index contributed by atoms with van der Waals surface area (Å²) in [5.41, 5.74) is 3.26. The summed E-state index contributed by atoms with van der Waals surface area (Å²) in [7, 11) is 1.37. The molecule has 0 fully saturated rings. The van der Waals surface area contributed by atoms with Crippen LogP contribution in [0.15, 0.2) is 65.7 Å². The van der Waals surface area contributed by atoms with E-state index in [2.05, 4.69) is 14.8 Å². The number of ether oxygens (including phenoxy) is 1. The van der Waals surface area contributed by atoms with Crippen molar-refractivity contribution in [3.8, 4) is 5.69 Å². The number of rotatable bonds is 4. The first-order valence-corrected chi connectivity index (χ1v) is 7.52.